The summed E-state index contributed by atoms with van der Waals surface area (Å²) in [5.74, 6) is 0.584. The van der Waals surface area contributed by atoms with E-state index in [-0.39, 0.29) is 12.0 Å². The van der Waals surface area contributed by atoms with Crippen molar-refractivity contribution in [1.82, 2.24) is 9.88 Å². The number of benzene rings is 2. The lowest BCUT2D eigenvalue weighted by molar-refractivity contribution is -0.124. The topological polar surface area (TPSA) is 42.6 Å². The number of H-pyrrole nitrogens is 1. The van der Waals surface area contributed by atoms with Crippen molar-refractivity contribution in [3.05, 3.63) is 58.7 Å². The molecule has 35 heavy (non-hydrogen) atoms. The fourth-order valence-electron chi connectivity index (χ4n) is 6.47. The highest BCUT2D eigenvalue weighted by atomic mass is 79.9. The number of hydrogen-bond donors (Lipinski definition) is 1. The van der Waals surface area contributed by atoms with Gasteiger partial charge in [0.2, 0.25) is 5.91 Å². The van der Waals surface area contributed by atoms with E-state index in [1.807, 2.05) is 6.20 Å². The van der Waals surface area contributed by atoms with Crippen molar-refractivity contribution < 1.29 is 4.79 Å². The van der Waals surface area contributed by atoms with Crippen LogP contribution in [0.1, 0.15) is 44.1 Å². The van der Waals surface area contributed by atoms with E-state index in [4.69, 9.17) is 0 Å². The highest BCUT2D eigenvalue weighted by molar-refractivity contribution is 9.10. The normalized spacial score (nSPS) is 21.9. The SMILES string of the molecule is O=C(C1CCCCC1)N1c2ccccc2CCC1CN1CCN(c2ccc(Br)c3[nH]ccc23)CC1. The van der Waals surface area contributed by atoms with E-state index in [2.05, 4.69) is 78.1 Å². The Labute approximate surface area is 216 Å². The number of aromatic nitrogens is 1. The number of nitrogens with one attached hydrogen (secondary N) is 1. The van der Waals surface area contributed by atoms with E-state index in [9.17, 15) is 4.79 Å². The molecule has 2 fully saturated rings. The molecule has 1 aromatic heterocycles. The first-order chi connectivity index (χ1) is 17.2. The fourth-order valence-corrected chi connectivity index (χ4v) is 6.93. The number of rotatable bonds is 4. The van der Waals surface area contributed by atoms with Crippen LogP contribution < -0.4 is 9.80 Å². The molecule has 5 nitrogen and oxygen atoms in total. The van der Waals surface area contributed by atoms with Crippen LogP contribution in [-0.2, 0) is 11.2 Å². The van der Waals surface area contributed by atoms with Gasteiger partial charge in [-0.3, -0.25) is 9.69 Å². The lowest BCUT2D eigenvalue weighted by Crippen LogP contribution is -2.55. The van der Waals surface area contributed by atoms with Crippen LogP contribution in [0, 0.1) is 5.92 Å². The number of para-hydroxylation sites is 1. The summed E-state index contributed by atoms with van der Waals surface area (Å²) in [5, 5.41) is 1.28. The number of fused-ring (bicyclic) bond motifs is 2. The van der Waals surface area contributed by atoms with Crippen LogP contribution in [0.5, 0.6) is 0 Å². The highest BCUT2D eigenvalue weighted by Crippen LogP contribution is 2.36. The number of hydrogen-bond acceptors (Lipinski definition) is 3. The summed E-state index contributed by atoms with van der Waals surface area (Å²) < 4.78 is 1.11. The summed E-state index contributed by atoms with van der Waals surface area (Å²) in [6.45, 7) is 5.07. The van der Waals surface area contributed by atoms with Crippen LogP contribution in [0.15, 0.2) is 53.1 Å². The van der Waals surface area contributed by atoms with Crippen molar-refractivity contribution >= 4 is 44.1 Å². The minimum atomic E-state index is 0.204. The van der Waals surface area contributed by atoms with Gasteiger partial charge < -0.3 is 14.8 Å². The predicted octanol–water partition coefficient (Wildman–Crippen LogP) is 5.98. The third-order valence-corrected chi connectivity index (χ3v) is 9.05. The number of aryl methyl sites for hydroxylation is 1. The molecule has 3 aliphatic rings. The van der Waals surface area contributed by atoms with Gasteiger partial charge in [-0.2, -0.15) is 0 Å². The molecule has 2 aliphatic heterocycles. The molecule has 2 aromatic carbocycles. The van der Waals surface area contributed by atoms with Crippen molar-refractivity contribution in [2.24, 2.45) is 5.92 Å². The van der Waals surface area contributed by atoms with Crippen molar-refractivity contribution in [3.8, 4) is 0 Å². The Morgan fingerprint density at radius 3 is 2.54 bits per heavy atom. The number of carbonyl (C=O) groups is 1. The molecule has 0 bridgehead atoms. The van der Waals surface area contributed by atoms with Gasteiger partial charge in [-0.25, -0.2) is 0 Å². The zero-order valence-corrected chi connectivity index (χ0v) is 22.0. The molecular weight excluding hydrogens is 500 g/mol. The lowest BCUT2D eigenvalue weighted by Gasteiger charge is -2.44. The Bertz CT molecular complexity index is 1190. The van der Waals surface area contributed by atoms with Crippen LogP contribution in [0.4, 0.5) is 11.4 Å². The van der Waals surface area contributed by atoms with Gasteiger partial charge in [-0.1, -0.05) is 37.5 Å². The largest absolute Gasteiger partial charge is 0.368 e. The van der Waals surface area contributed by atoms with Gasteiger partial charge in [-0.05, 0) is 71.4 Å². The van der Waals surface area contributed by atoms with Gasteiger partial charge >= 0.3 is 0 Å². The van der Waals surface area contributed by atoms with Gasteiger partial charge in [0.1, 0.15) is 0 Å². The molecule has 184 valence electrons. The molecule has 1 saturated heterocycles. The van der Waals surface area contributed by atoms with Crippen LogP contribution in [0.3, 0.4) is 0 Å². The summed E-state index contributed by atoms with van der Waals surface area (Å²) in [4.78, 5) is 24.5. The maximum atomic E-state index is 13.8. The Morgan fingerprint density at radius 1 is 0.914 bits per heavy atom. The number of anilines is 2. The molecule has 6 rings (SSSR count). The second-order valence-electron chi connectivity index (χ2n) is 10.5. The molecular formula is C29H35BrN4O. The summed E-state index contributed by atoms with van der Waals surface area (Å²) in [6.07, 6.45) is 9.95. The number of halogens is 1. The van der Waals surface area contributed by atoms with E-state index in [0.717, 1.165) is 62.9 Å². The molecule has 1 amide bonds. The van der Waals surface area contributed by atoms with Gasteiger partial charge in [0, 0.05) is 72.1 Å². The maximum absolute atomic E-state index is 13.8. The molecule has 1 N–H and O–H groups in total. The van der Waals surface area contributed by atoms with E-state index >= 15 is 0 Å². The average molecular weight is 536 g/mol. The van der Waals surface area contributed by atoms with E-state index in [1.165, 1.54) is 47.1 Å². The fraction of sp³-hybridized carbons (Fsp3) is 0.483. The first-order valence-electron chi connectivity index (χ1n) is 13.3. The smallest absolute Gasteiger partial charge is 0.230 e. The van der Waals surface area contributed by atoms with Gasteiger partial charge in [0.25, 0.3) is 0 Å². The third-order valence-electron chi connectivity index (χ3n) is 8.39. The zero-order valence-electron chi connectivity index (χ0n) is 20.4. The molecule has 3 aromatic rings. The second-order valence-corrected chi connectivity index (χ2v) is 11.3. The molecule has 1 unspecified atom stereocenters. The second kappa shape index (κ2) is 9.98. The van der Waals surface area contributed by atoms with Crippen LogP contribution in [0.2, 0.25) is 0 Å². The number of amides is 1. The van der Waals surface area contributed by atoms with Gasteiger partial charge in [0.15, 0.2) is 0 Å². The Hall–Kier alpha value is -2.31. The molecule has 1 atom stereocenters. The molecule has 1 aliphatic carbocycles. The minimum absolute atomic E-state index is 0.204. The molecule has 0 radical (unpaired) electrons. The van der Waals surface area contributed by atoms with Crippen molar-refractivity contribution in [2.45, 2.75) is 51.0 Å². The molecule has 6 heteroatoms. The van der Waals surface area contributed by atoms with Crippen molar-refractivity contribution in [2.75, 3.05) is 42.5 Å². The van der Waals surface area contributed by atoms with Crippen molar-refractivity contribution in [3.63, 3.8) is 0 Å². The highest BCUT2D eigenvalue weighted by Gasteiger charge is 2.36. The van der Waals surface area contributed by atoms with Gasteiger partial charge in [0.05, 0.1) is 5.52 Å². The Balaban J connectivity index is 1.17. The molecule has 1 saturated carbocycles. The summed E-state index contributed by atoms with van der Waals surface area (Å²) in [5.41, 5.74) is 4.98. The van der Waals surface area contributed by atoms with Gasteiger partial charge in [-0.15, -0.1) is 0 Å². The van der Waals surface area contributed by atoms with Crippen molar-refractivity contribution in [1.29, 1.82) is 0 Å². The molecule has 3 heterocycles. The standard InChI is InChI=1S/C29H35BrN4O/c30-25-12-13-27(24-14-15-31-28(24)25)33-18-16-32(17-19-33)20-23-11-10-21-6-4-5-9-26(21)34(23)29(35)22-7-2-1-3-8-22/h4-6,9,12-15,22-23,31H,1-3,7-8,10-11,16-20H2. The minimum Gasteiger partial charge on any atom is -0.368 e. The Kier molecular flexibility index (Phi) is 6.59. The number of aromatic amines is 1. The zero-order chi connectivity index (χ0) is 23.8. The summed E-state index contributed by atoms with van der Waals surface area (Å²) >= 11 is 3.67. The monoisotopic (exact) mass is 534 g/mol. The first-order valence-corrected chi connectivity index (χ1v) is 14.1. The lowest BCUT2D eigenvalue weighted by atomic mass is 9.86. The quantitative estimate of drug-likeness (QED) is 0.447. The number of carbonyl (C=O) groups excluding carboxylic acids is 1. The molecule has 0 spiro atoms. The summed E-state index contributed by atoms with van der Waals surface area (Å²) in [7, 11) is 0. The van der Waals surface area contributed by atoms with E-state index in [0.29, 0.717) is 5.91 Å². The van der Waals surface area contributed by atoms with Crippen LogP contribution in [-0.4, -0.2) is 54.6 Å². The number of piperazine rings is 1. The van der Waals surface area contributed by atoms with E-state index < -0.39 is 0 Å². The van der Waals surface area contributed by atoms with E-state index in [1.54, 1.807) is 0 Å². The third kappa shape index (κ3) is 4.51. The maximum Gasteiger partial charge on any atom is 0.230 e. The average Bonchev–Trinajstić information content (AvgIpc) is 3.41. The Morgan fingerprint density at radius 2 is 1.71 bits per heavy atom. The van der Waals surface area contributed by atoms with Crippen LogP contribution >= 0.6 is 15.9 Å². The summed E-state index contributed by atoms with van der Waals surface area (Å²) in [6, 6.07) is 15.4. The van der Waals surface area contributed by atoms with Crippen LogP contribution in [0.25, 0.3) is 10.9 Å². The number of nitrogens with zero attached hydrogens (tertiary/aromatic N) is 3. The predicted molar refractivity (Wildman–Crippen MR) is 147 cm³/mol. The first kappa shape index (κ1) is 23.1.